The molecule has 1 amide bonds. The minimum atomic E-state index is -0.199. The summed E-state index contributed by atoms with van der Waals surface area (Å²) in [6.45, 7) is 3.97. The summed E-state index contributed by atoms with van der Waals surface area (Å²) >= 11 is 0. The van der Waals surface area contributed by atoms with Crippen LogP contribution in [0.1, 0.15) is 21.6 Å². The Morgan fingerprint density at radius 2 is 1.96 bits per heavy atom. The van der Waals surface area contributed by atoms with E-state index in [2.05, 4.69) is 15.4 Å². The van der Waals surface area contributed by atoms with Crippen molar-refractivity contribution in [2.24, 2.45) is 7.05 Å². The molecule has 1 N–H and O–H groups in total. The third kappa shape index (κ3) is 2.75. The number of oxazole rings is 1. The zero-order chi connectivity index (χ0) is 18.3. The maximum absolute atomic E-state index is 12.3. The van der Waals surface area contributed by atoms with Gasteiger partial charge in [0.25, 0.3) is 5.91 Å². The number of carbonyl (C=O) groups is 1. The van der Waals surface area contributed by atoms with Crippen molar-refractivity contribution < 1.29 is 9.21 Å². The molecule has 0 saturated heterocycles. The number of hydrogen-bond acceptors (Lipinski definition) is 4. The van der Waals surface area contributed by atoms with Gasteiger partial charge in [0.15, 0.2) is 5.58 Å². The minimum Gasteiger partial charge on any atom is -0.436 e. The number of nitrogens with zero attached hydrogens (tertiary/aromatic N) is 3. The van der Waals surface area contributed by atoms with Gasteiger partial charge < -0.3 is 9.73 Å². The highest BCUT2D eigenvalue weighted by molar-refractivity contribution is 6.03. The minimum absolute atomic E-state index is 0.199. The van der Waals surface area contributed by atoms with Gasteiger partial charge in [0.2, 0.25) is 5.89 Å². The first kappa shape index (κ1) is 16.1. The van der Waals surface area contributed by atoms with Crippen molar-refractivity contribution in [1.82, 2.24) is 14.8 Å². The van der Waals surface area contributed by atoms with E-state index in [9.17, 15) is 4.79 Å². The van der Waals surface area contributed by atoms with E-state index < -0.39 is 0 Å². The molecule has 0 atom stereocenters. The van der Waals surface area contributed by atoms with Gasteiger partial charge in [-0.25, -0.2) is 4.98 Å². The zero-order valence-corrected chi connectivity index (χ0v) is 14.8. The van der Waals surface area contributed by atoms with E-state index in [1.807, 2.05) is 50.2 Å². The number of amides is 1. The maximum atomic E-state index is 12.3. The van der Waals surface area contributed by atoms with E-state index in [0.29, 0.717) is 17.3 Å². The number of nitrogens with one attached hydrogen (secondary N) is 1. The van der Waals surface area contributed by atoms with Crippen molar-refractivity contribution in [3.63, 3.8) is 0 Å². The van der Waals surface area contributed by atoms with Crippen LogP contribution >= 0.6 is 0 Å². The Labute approximate surface area is 150 Å². The highest BCUT2D eigenvalue weighted by Crippen LogP contribution is 2.29. The Bertz CT molecular complexity index is 1120. The molecule has 2 heterocycles. The second-order valence-electron chi connectivity index (χ2n) is 6.27. The van der Waals surface area contributed by atoms with Crippen LogP contribution < -0.4 is 5.32 Å². The van der Waals surface area contributed by atoms with E-state index in [4.69, 9.17) is 4.42 Å². The van der Waals surface area contributed by atoms with Crippen molar-refractivity contribution >= 4 is 22.7 Å². The predicted octanol–water partition coefficient (Wildman–Crippen LogP) is 4.10. The SMILES string of the molecule is Cc1cc(NC(=O)c2ccnn2C)ccc1-c1nc2cccc(C)c2o1. The first-order valence-electron chi connectivity index (χ1n) is 8.29. The fourth-order valence-electron chi connectivity index (χ4n) is 2.98. The molecular formula is C20H18N4O2. The Hall–Kier alpha value is -3.41. The molecule has 0 radical (unpaired) electrons. The number of aryl methyl sites for hydroxylation is 3. The third-order valence-electron chi connectivity index (χ3n) is 4.38. The van der Waals surface area contributed by atoms with Gasteiger partial charge in [0, 0.05) is 24.5 Å². The molecule has 0 fully saturated rings. The normalized spacial score (nSPS) is 11.0. The number of benzene rings is 2. The van der Waals surface area contributed by atoms with E-state index in [1.165, 1.54) is 4.68 Å². The first-order valence-corrected chi connectivity index (χ1v) is 8.29. The average Bonchev–Trinajstić information content (AvgIpc) is 3.22. The van der Waals surface area contributed by atoms with Gasteiger partial charge in [-0.1, -0.05) is 12.1 Å². The number of anilines is 1. The first-order chi connectivity index (χ1) is 12.5. The van der Waals surface area contributed by atoms with E-state index in [-0.39, 0.29) is 5.91 Å². The highest BCUT2D eigenvalue weighted by atomic mass is 16.3. The second-order valence-corrected chi connectivity index (χ2v) is 6.27. The van der Waals surface area contributed by atoms with Crippen LogP contribution in [0.2, 0.25) is 0 Å². The predicted molar refractivity (Wildman–Crippen MR) is 100 cm³/mol. The van der Waals surface area contributed by atoms with Crippen molar-refractivity contribution in [2.75, 3.05) is 5.32 Å². The molecule has 2 aromatic carbocycles. The van der Waals surface area contributed by atoms with Gasteiger partial charge in [-0.3, -0.25) is 9.48 Å². The van der Waals surface area contributed by atoms with Gasteiger partial charge in [0.05, 0.1) is 0 Å². The number of para-hydroxylation sites is 1. The lowest BCUT2D eigenvalue weighted by atomic mass is 10.1. The summed E-state index contributed by atoms with van der Waals surface area (Å²) in [5, 5.41) is 6.90. The van der Waals surface area contributed by atoms with Crippen molar-refractivity contribution in [3.8, 4) is 11.5 Å². The van der Waals surface area contributed by atoms with Crippen LogP contribution in [-0.4, -0.2) is 20.7 Å². The van der Waals surface area contributed by atoms with Gasteiger partial charge in [-0.2, -0.15) is 5.10 Å². The summed E-state index contributed by atoms with van der Waals surface area (Å²) in [6.07, 6.45) is 1.60. The molecule has 0 saturated carbocycles. The molecule has 6 heteroatoms. The molecule has 26 heavy (non-hydrogen) atoms. The van der Waals surface area contributed by atoms with Crippen LogP contribution in [0.25, 0.3) is 22.6 Å². The molecule has 130 valence electrons. The topological polar surface area (TPSA) is 73.0 Å². The summed E-state index contributed by atoms with van der Waals surface area (Å²) in [5.41, 5.74) is 5.78. The van der Waals surface area contributed by atoms with Crippen LogP contribution in [0.3, 0.4) is 0 Å². The molecule has 0 aliphatic rings. The van der Waals surface area contributed by atoms with E-state index in [1.54, 1.807) is 19.3 Å². The molecule has 0 aliphatic heterocycles. The Morgan fingerprint density at radius 1 is 1.12 bits per heavy atom. The fourth-order valence-corrected chi connectivity index (χ4v) is 2.98. The van der Waals surface area contributed by atoms with Crippen LogP contribution in [0.5, 0.6) is 0 Å². The highest BCUT2D eigenvalue weighted by Gasteiger charge is 2.14. The molecule has 0 aliphatic carbocycles. The van der Waals surface area contributed by atoms with Gasteiger partial charge >= 0.3 is 0 Å². The van der Waals surface area contributed by atoms with E-state index in [0.717, 1.165) is 27.8 Å². The largest absolute Gasteiger partial charge is 0.436 e. The van der Waals surface area contributed by atoms with Crippen LogP contribution in [-0.2, 0) is 7.05 Å². The third-order valence-corrected chi connectivity index (χ3v) is 4.38. The summed E-state index contributed by atoms with van der Waals surface area (Å²) < 4.78 is 7.49. The lowest BCUT2D eigenvalue weighted by Crippen LogP contribution is -2.16. The van der Waals surface area contributed by atoms with Crippen molar-refractivity contribution in [3.05, 3.63) is 65.5 Å². The van der Waals surface area contributed by atoms with Gasteiger partial charge in [0.1, 0.15) is 11.2 Å². The summed E-state index contributed by atoms with van der Waals surface area (Å²) in [4.78, 5) is 16.9. The molecular weight excluding hydrogens is 328 g/mol. The maximum Gasteiger partial charge on any atom is 0.273 e. The Morgan fingerprint density at radius 3 is 2.65 bits per heavy atom. The molecule has 0 bridgehead atoms. The summed E-state index contributed by atoms with van der Waals surface area (Å²) in [6, 6.07) is 13.2. The lowest BCUT2D eigenvalue weighted by molar-refractivity contribution is 0.101. The molecule has 0 unspecified atom stereocenters. The molecule has 4 rings (SSSR count). The second kappa shape index (κ2) is 6.15. The smallest absolute Gasteiger partial charge is 0.273 e. The van der Waals surface area contributed by atoms with Crippen LogP contribution in [0, 0.1) is 13.8 Å². The number of aromatic nitrogens is 3. The number of carbonyl (C=O) groups excluding carboxylic acids is 1. The summed E-state index contributed by atoms with van der Waals surface area (Å²) in [7, 11) is 1.73. The number of fused-ring (bicyclic) bond motifs is 1. The van der Waals surface area contributed by atoms with Crippen molar-refractivity contribution in [2.45, 2.75) is 13.8 Å². The average molecular weight is 346 g/mol. The van der Waals surface area contributed by atoms with Crippen molar-refractivity contribution in [1.29, 1.82) is 0 Å². The molecule has 0 spiro atoms. The van der Waals surface area contributed by atoms with Gasteiger partial charge in [-0.15, -0.1) is 0 Å². The Kier molecular flexibility index (Phi) is 3.80. The standard InChI is InChI=1S/C20H18N4O2/c1-12-5-4-6-16-18(12)26-20(23-16)15-8-7-14(11-13(15)2)22-19(25)17-9-10-21-24(17)3/h4-11H,1-3H3,(H,22,25). The van der Waals surface area contributed by atoms with Crippen LogP contribution in [0.4, 0.5) is 5.69 Å². The molecule has 2 aromatic heterocycles. The number of rotatable bonds is 3. The Balaban J connectivity index is 1.64. The molecule has 4 aromatic rings. The summed E-state index contributed by atoms with van der Waals surface area (Å²) in [5.74, 6) is 0.381. The monoisotopic (exact) mass is 346 g/mol. The van der Waals surface area contributed by atoms with Gasteiger partial charge in [-0.05, 0) is 55.3 Å². The molecule has 6 nitrogen and oxygen atoms in total. The lowest BCUT2D eigenvalue weighted by Gasteiger charge is -2.08. The van der Waals surface area contributed by atoms with Crippen LogP contribution in [0.15, 0.2) is 53.1 Å². The zero-order valence-electron chi connectivity index (χ0n) is 14.8. The van der Waals surface area contributed by atoms with E-state index >= 15 is 0 Å². The quantitative estimate of drug-likeness (QED) is 0.606. The fraction of sp³-hybridized carbons (Fsp3) is 0.150. The number of hydrogen-bond donors (Lipinski definition) is 1.